The molecule has 0 saturated heterocycles. The lowest BCUT2D eigenvalue weighted by molar-refractivity contribution is -0.132. The second kappa shape index (κ2) is 23.9. The maximum Gasteiger partial charge on any atom is 0.328 e. The quantitative estimate of drug-likeness (QED) is 0.0647. The average Bonchev–Trinajstić information content (AvgIpc) is 3.35. The molecule has 3 aliphatic rings. The Kier molecular flexibility index (Phi) is 17.3. The molecule has 352 valence electrons. The number of carbonyl (C=O) groups is 2. The molecule has 3 heterocycles. The van der Waals surface area contributed by atoms with Crippen LogP contribution in [0.4, 0.5) is 22.7 Å². The number of nitrogens with zero attached hydrogens (tertiary/aromatic N) is 4. The smallest absolute Gasteiger partial charge is 0.328 e. The van der Waals surface area contributed by atoms with Gasteiger partial charge in [0.2, 0.25) is 0 Å². The fraction of sp³-hybridized carbons (Fsp3) is 0.276. The molecule has 0 aromatic heterocycles. The summed E-state index contributed by atoms with van der Waals surface area (Å²) in [6.45, 7) is 10.7. The van der Waals surface area contributed by atoms with Crippen LogP contribution in [0.5, 0.6) is 0 Å². The highest BCUT2D eigenvalue weighted by Crippen LogP contribution is 2.51. The van der Waals surface area contributed by atoms with Gasteiger partial charge in [0.15, 0.2) is 0 Å². The fourth-order valence-corrected chi connectivity index (χ4v) is 11.1. The van der Waals surface area contributed by atoms with E-state index in [1.165, 1.54) is 12.8 Å². The highest BCUT2D eigenvalue weighted by molar-refractivity contribution is 8.00. The van der Waals surface area contributed by atoms with Crippen LogP contribution in [0.1, 0.15) is 101 Å². The van der Waals surface area contributed by atoms with Crippen molar-refractivity contribution in [2.75, 3.05) is 22.9 Å². The lowest BCUT2D eigenvalue weighted by Gasteiger charge is -2.35. The second-order valence-corrected chi connectivity index (χ2v) is 19.6. The molecule has 0 aliphatic carbocycles. The Morgan fingerprint density at radius 2 is 0.942 bits per heavy atom. The first-order valence-electron chi connectivity index (χ1n) is 23.8. The van der Waals surface area contributed by atoms with E-state index < -0.39 is 11.9 Å². The molecule has 9 nitrogen and oxygen atoms in total. The predicted molar refractivity (Wildman–Crippen MR) is 282 cm³/mol. The Bertz CT molecular complexity index is 2700. The third-order valence-electron chi connectivity index (χ3n) is 12.6. The molecule has 2 atom stereocenters. The molecule has 7 rings (SSSR count). The van der Waals surface area contributed by atoms with Crippen molar-refractivity contribution < 1.29 is 24.5 Å². The van der Waals surface area contributed by atoms with Gasteiger partial charge in [-0.1, -0.05) is 126 Å². The maximum absolute atomic E-state index is 11.3. The van der Waals surface area contributed by atoms with Crippen LogP contribution in [0, 0.1) is 34.5 Å². The van der Waals surface area contributed by atoms with E-state index in [0.717, 1.165) is 128 Å². The van der Waals surface area contributed by atoms with E-state index in [1.54, 1.807) is 47.8 Å². The Morgan fingerprint density at radius 3 is 1.26 bits per heavy atom. The Balaban J connectivity index is 1.15. The van der Waals surface area contributed by atoms with Crippen LogP contribution < -0.4 is 9.80 Å². The molecular weight excluding hydrogens is 897 g/mol. The molecule has 4 aromatic rings. The number of nitriles is 2. The minimum atomic E-state index is -0.989. The van der Waals surface area contributed by atoms with Gasteiger partial charge >= 0.3 is 11.9 Å². The van der Waals surface area contributed by atoms with E-state index in [1.807, 2.05) is 48.6 Å². The first-order chi connectivity index (χ1) is 33.5. The Morgan fingerprint density at radius 1 is 0.580 bits per heavy atom. The molecular formula is C58H58N4O5S2. The van der Waals surface area contributed by atoms with Crippen LogP contribution in [-0.2, 0) is 14.3 Å². The van der Waals surface area contributed by atoms with Crippen LogP contribution in [0.25, 0.3) is 24.3 Å². The molecule has 2 unspecified atom stereocenters. The van der Waals surface area contributed by atoms with Gasteiger partial charge < -0.3 is 24.7 Å². The Labute approximate surface area is 415 Å². The molecule has 4 aromatic carbocycles. The van der Waals surface area contributed by atoms with Crippen LogP contribution in [0.15, 0.2) is 151 Å². The topological polar surface area (TPSA) is 138 Å². The zero-order valence-corrected chi connectivity index (χ0v) is 41.3. The average molecular weight is 955 g/mol. The predicted octanol–water partition coefficient (Wildman–Crippen LogP) is 15.4. The number of aliphatic carboxylic acids is 2. The largest absolute Gasteiger partial charge is 0.478 e. The van der Waals surface area contributed by atoms with Crippen molar-refractivity contribution in [1.82, 2.24) is 0 Å². The van der Waals surface area contributed by atoms with Gasteiger partial charge in [-0.05, 0) is 132 Å². The summed E-state index contributed by atoms with van der Waals surface area (Å²) in [4.78, 5) is 31.8. The lowest BCUT2D eigenvalue weighted by Crippen LogP contribution is -2.27. The maximum atomic E-state index is 11.3. The van der Waals surface area contributed by atoms with Gasteiger partial charge in [0.05, 0.1) is 22.7 Å². The van der Waals surface area contributed by atoms with Gasteiger partial charge in [-0.3, -0.25) is 0 Å². The highest BCUT2D eigenvalue weighted by Gasteiger charge is 2.28. The zero-order valence-electron chi connectivity index (χ0n) is 39.7. The summed E-state index contributed by atoms with van der Waals surface area (Å²) in [6.07, 6.45) is 25.7. The zero-order chi connectivity index (χ0) is 48.9. The van der Waals surface area contributed by atoms with Crippen molar-refractivity contribution in [3.05, 3.63) is 154 Å². The van der Waals surface area contributed by atoms with E-state index >= 15 is 0 Å². The summed E-state index contributed by atoms with van der Waals surface area (Å²) < 4.78 is 6.41. The van der Waals surface area contributed by atoms with E-state index in [-0.39, 0.29) is 5.57 Å². The second-order valence-electron chi connectivity index (χ2n) is 17.4. The Hall–Kier alpha value is -6.92. The molecule has 0 bridgehead atoms. The third-order valence-corrected chi connectivity index (χ3v) is 14.8. The van der Waals surface area contributed by atoms with Crippen LogP contribution in [-0.4, -0.2) is 35.2 Å². The first kappa shape index (κ1) is 50.0. The minimum Gasteiger partial charge on any atom is -0.478 e. The first-order valence-corrected chi connectivity index (χ1v) is 25.5. The van der Waals surface area contributed by atoms with Gasteiger partial charge in [0, 0.05) is 50.4 Å². The highest BCUT2D eigenvalue weighted by atomic mass is 32.2. The van der Waals surface area contributed by atoms with Gasteiger partial charge in [-0.2, -0.15) is 10.5 Å². The molecule has 3 aliphatic heterocycles. The number of allylic oxidation sites excluding steroid dienone is 6. The number of rotatable bonds is 20. The molecule has 0 radical (unpaired) electrons. The molecule has 2 N–H and O–H groups in total. The number of hydrogen-bond donors (Lipinski definition) is 2. The molecule has 0 saturated carbocycles. The van der Waals surface area contributed by atoms with Crippen molar-refractivity contribution >= 4 is 82.5 Å². The number of anilines is 4. The van der Waals surface area contributed by atoms with Gasteiger partial charge in [-0.25, -0.2) is 9.59 Å². The molecule has 0 fully saturated rings. The monoisotopic (exact) mass is 954 g/mol. The van der Waals surface area contributed by atoms with Crippen molar-refractivity contribution in [2.24, 2.45) is 11.8 Å². The van der Waals surface area contributed by atoms with Crippen LogP contribution in [0.2, 0.25) is 0 Å². The number of unbranched alkanes of at least 4 members (excludes halogenated alkanes) is 2. The lowest BCUT2D eigenvalue weighted by atomic mass is 9.97. The summed E-state index contributed by atoms with van der Waals surface area (Å²) in [5.74, 6) is -0.0126. The molecule has 0 spiro atoms. The normalized spacial score (nSPS) is 14.9. The summed E-state index contributed by atoms with van der Waals surface area (Å²) in [5.41, 5.74) is 8.43. The van der Waals surface area contributed by atoms with Crippen molar-refractivity contribution in [2.45, 2.75) is 98.6 Å². The van der Waals surface area contributed by atoms with Crippen molar-refractivity contribution in [3.63, 3.8) is 0 Å². The minimum absolute atomic E-state index is 0.0215. The van der Waals surface area contributed by atoms with E-state index in [2.05, 4.69) is 98.2 Å². The summed E-state index contributed by atoms with van der Waals surface area (Å²) in [7, 11) is 0. The number of carboxylic acid groups (broad SMARTS) is 2. The SMILES string of the molecule is CCCCC(CC)CN1c2ccc(/C=C/C(=O)O)cc2Sc2cc(/C=C/C3=CC(=C(C#N)C#N)C=C(/C=C/c4ccc5c(c4)Sc4cc(/C=C/C(=O)O)ccc4N5CC(CC)CCCC)O3)ccc21. The van der Waals surface area contributed by atoms with Gasteiger partial charge in [-0.15, -0.1) is 0 Å². The molecule has 69 heavy (non-hydrogen) atoms. The number of ether oxygens (including phenoxy) is 1. The van der Waals surface area contributed by atoms with E-state index in [0.29, 0.717) is 28.9 Å². The van der Waals surface area contributed by atoms with Crippen LogP contribution in [0.3, 0.4) is 0 Å². The molecule has 11 heteroatoms. The summed E-state index contributed by atoms with van der Waals surface area (Å²) in [5, 5.41) is 38.4. The number of fused-ring (bicyclic) bond motifs is 4. The third kappa shape index (κ3) is 12.8. The summed E-state index contributed by atoms with van der Waals surface area (Å²) >= 11 is 3.33. The number of benzene rings is 4. The van der Waals surface area contributed by atoms with E-state index in [9.17, 15) is 30.3 Å². The standard InChI is InChI=1S/C58H58N4O5S2/c1-5-9-11-39(7-3)37-61-49-23-15-41(29-53(49)68-55-31-43(17-25-51(55)61)19-27-57(63)64)13-21-47-33-45(46(35-59)36-60)34-48(67-47)22-14-42-16-24-50-54(30-42)69-56-32-44(20-28-58(65)66)18-26-52(56)62(50)38-40(8-4)12-10-6-2/h13-34,39-40H,5-12,37-38H2,1-4H3,(H,63,64)(H,65,66)/b21-13+,22-14+,27-19+,28-20+. The van der Waals surface area contributed by atoms with Gasteiger partial charge in [0.25, 0.3) is 0 Å². The summed E-state index contributed by atoms with van der Waals surface area (Å²) in [6, 6.07) is 29.1. The van der Waals surface area contributed by atoms with Crippen molar-refractivity contribution in [3.8, 4) is 12.1 Å². The van der Waals surface area contributed by atoms with Crippen LogP contribution >= 0.6 is 23.5 Å². The molecule has 0 amide bonds. The van der Waals surface area contributed by atoms with Crippen molar-refractivity contribution in [1.29, 1.82) is 10.5 Å². The fourth-order valence-electron chi connectivity index (χ4n) is 8.70. The van der Waals surface area contributed by atoms with Gasteiger partial charge in [0.1, 0.15) is 29.2 Å². The number of hydrogen-bond acceptors (Lipinski definition) is 9. The van der Waals surface area contributed by atoms with E-state index in [4.69, 9.17) is 4.74 Å². The number of carboxylic acids is 2.